The van der Waals surface area contributed by atoms with Gasteiger partial charge in [-0.25, -0.2) is 4.98 Å². The van der Waals surface area contributed by atoms with Gasteiger partial charge < -0.3 is 9.64 Å². The first kappa shape index (κ1) is 18.7. The molecule has 6 nitrogen and oxygen atoms in total. The molecule has 0 aliphatic carbocycles. The van der Waals surface area contributed by atoms with E-state index < -0.39 is 12.1 Å². The molecule has 3 rings (SSSR count). The molecule has 0 bridgehead atoms. The first-order chi connectivity index (χ1) is 13.0. The van der Waals surface area contributed by atoms with Crippen molar-refractivity contribution in [2.45, 2.75) is 19.4 Å². The van der Waals surface area contributed by atoms with Gasteiger partial charge in [0.15, 0.2) is 6.10 Å². The number of benzene rings is 1. The number of carbonyl (C=O) groups is 2. The second-order valence-corrected chi connectivity index (χ2v) is 6.79. The number of likely N-dealkylation sites (N-methyl/N-ethyl adjacent to an activating group) is 1. The molecule has 1 atom stereocenters. The highest BCUT2D eigenvalue weighted by Gasteiger charge is 2.23. The summed E-state index contributed by atoms with van der Waals surface area (Å²) in [4.78, 5) is 34.6. The summed E-state index contributed by atoms with van der Waals surface area (Å²) in [6.45, 7) is 1.57. The van der Waals surface area contributed by atoms with Gasteiger partial charge in [0.25, 0.3) is 5.91 Å². The van der Waals surface area contributed by atoms with Gasteiger partial charge in [-0.2, -0.15) is 0 Å². The number of esters is 1. The van der Waals surface area contributed by atoms with E-state index in [2.05, 4.69) is 9.97 Å². The molecule has 0 fully saturated rings. The normalized spacial score (nSPS) is 11.6. The Morgan fingerprint density at radius 3 is 2.67 bits per heavy atom. The first-order valence-electron chi connectivity index (χ1n) is 8.41. The molecular weight excluding hydrogens is 362 g/mol. The van der Waals surface area contributed by atoms with E-state index in [0.29, 0.717) is 5.69 Å². The fourth-order valence-corrected chi connectivity index (χ4v) is 3.31. The Kier molecular flexibility index (Phi) is 5.93. The van der Waals surface area contributed by atoms with Gasteiger partial charge in [-0.15, -0.1) is 11.3 Å². The molecule has 27 heavy (non-hydrogen) atoms. The summed E-state index contributed by atoms with van der Waals surface area (Å²) in [5, 5.41) is 2.60. The van der Waals surface area contributed by atoms with Crippen molar-refractivity contribution in [1.82, 2.24) is 9.97 Å². The Morgan fingerprint density at radius 1 is 1.19 bits per heavy atom. The van der Waals surface area contributed by atoms with E-state index in [4.69, 9.17) is 4.74 Å². The lowest BCUT2D eigenvalue weighted by atomic mass is 10.2. The highest BCUT2D eigenvalue weighted by molar-refractivity contribution is 7.13. The number of aromatic nitrogens is 2. The second kappa shape index (κ2) is 8.55. The highest BCUT2D eigenvalue weighted by Crippen LogP contribution is 2.23. The Morgan fingerprint density at radius 2 is 1.96 bits per heavy atom. The standard InChI is InChI=1S/C20H19N3O3S/c1-14(20(25)23(2)17-8-4-3-5-9-17)26-18(24)11-16-13-27-19(22-16)15-7-6-10-21-12-15/h3-10,12-14H,11H2,1-2H3/t14-/m0/s1. The lowest BCUT2D eigenvalue weighted by Gasteiger charge is -2.21. The SMILES string of the molecule is C[C@H](OC(=O)Cc1csc(-c2cccnc2)n1)C(=O)N(C)c1ccccc1. The van der Waals surface area contributed by atoms with Gasteiger partial charge in [-0.3, -0.25) is 14.6 Å². The van der Waals surface area contributed by atoms with Crippen LogP contribution < -0.4 is 4.90 Å². The lowest BCUT2D eigenvalue weighted by molar-refractivity contribution is -0.153. The molecule has 0 saturated carbocycles. The van der Waals surface area contributed by atoms with Crippen molar-refractivity contribution in [1.29, 1.82) is 0 Å². The maximum Gasteiger partial charge on any atom is 0.312 e. The number of rotatable bonds is 6. The molecule has 0 aliphatic rings. The Balaban J connectivity index is 1.57. The minimum atomic E-state index is -0.876. The van der Waals surface area contributed by atoms with Gasteiger partial charge in [0.1, 0.15) is 5.01 Å². The largest absolute Gasteiger partial charge is 0.452 e. The highest BCUT2D eigenvalue weighted by atomic mass is 32.1. The fraction of sp³-hybridized carbons (Fsp3) is 0.200. The summed E-state index contributed by atoms with van der Waals surface area (Å²) in [6.07, 6.45) is 2.56. The van der Waals surface area contributed by atoms with Crippen LogP contribution in [-0.2, 0) is 20.7 Å². The van der Waals surface area contributed by atoms with Gasteiger partial charge >= 0.3 is 5.97 Å². The van der Waals surface area contributed by atoms with Crippen LogP contribution in [0.5, 0.6) is 0 Å². The molecule has 0 radical (unpaired) electrons. The molecule has 0 unspecified atom stereocenters. The third-order valence-corrected chi connectivity index (χ3v) is 4.86. The third-order valence-electron chi connectivity index (χ3n) is 3.92. The van der Waals surface area contributed by atoms with E-state index in [9.17, 15) is 9.59 Å². The monoisotopic (exact) mass is 381 g/mol. The van der Waals surface area contributed by atoms with Crippen LogP contribution >= 0.6 is 11.3 Å². The molecule has 1 aromatic carbocycles. The minimum absolute atomic E-state index is 0.0173. The van der Waals surface area contributed by atoms with Crippen LogP contribution in [0.25, 0.3) is 10.6 Å². The van der Waals surface area contributed by atoms with Crippen molar-refractivity contribution >= 4 is 28.9 Å². The maximum atomic E-state index is 12.4. The van der Waals surface area contributed by atoms with E-state index in [1.165, 1.54) is 16.2 Å². The molecule has 1 amide bonds. The molecule has 2 heterocycles. The van der Waals surface area contributed by atoms with E-state index in [1.807, 2.05) is 47.8 Å². The number of pyridine rings is 1. The van der Waals surface area contributed by atoms with E-state index in [1.54, 1.807) is 26.4 Å². The molecule has 7 heteroatoms. The number of nitrogens with zero attached hydrogens (tertiary/aromatic N) is 3. The van der Waals surface area contributed by atoms with Gasteiger partial charge in [-0.05, 0) is 31.2 Å². The number of ether oxygens (including phenoxy) is 1. The number of anilines is 1. The third kappa shape index (κ3) is 4.77. The van der Waals surface area contributed by atoms with E-state index in [-0.39, 0.29) is 12.3 Å². The van der Waals surface area contributed by atoms with Crippen molar-refractivity contribution in [3.63, 3.8) is 0 Å². The number of carbonyl (C=O) groups excluding carboxylic acids is 2. The summed E-state index contributed by atoms with van der Waals surface area (Å²) >= 11 is 1.44. The average molecular weight is 381 g/mol. The molecule has 138 valence electrons. The van der Waals surface area contributed by atoms with Crippen LogP contribution in [0.15, 0.2) is 60.2 Å². The lowest BCUT2D eigenvalue weighted by Crippen LogP contribution is -2.37. The minimum Gasteiger partial charge on any atom is -0.452 e. The Hall–Kier alpha value is -3.06. The zero-order valence-electron chi connectivity index (χ0n) is 15.0. The fourth-order valence-electron chi connectivity index (χ4n) is 2.50. The molecular formula is C20H19N3O3S. The van der Waals surface area contributed by atoms with Crippen molar-refractivity contribution in [3.05, 3.63) is 65.9 Å². The second-order valence-electron chi connectivity index (χ2n) is 5.93. The van der Waals surface area contributed by atoms with Crippen LogP contribution in [0, 0.1) is 0 Å². The number of hydrogen-bond donors (Lipinski definition) is 0. The number of amides is 1. The van der Waals surface area contributed by atoms with E-state index >= 15 is 0 Å². The van der Waals surface area contributed by atoms with Crippen molar-refractivity contribution < 1.29 is 14.3 Å². The Labute approximate surface area is 161 Å². The van der Waals surface area contributed by atoms with Crippen molar-refractivity contribution in [3.8, 4) is 10.6 Å². The topological polar surface area (TPSA) is 72.4 Å². The molecule has 0 N–H and O–H groups in total. The molecule has 2 aromatic heterocycles. The summed E-state index contributed by atoms with van der Waals surface area (Å²) in [5.41, 5.74) is 2.25. The quantitative estimate of drug-likeness (QED) is 0.613. The van der Waals surface area contributed by atoms with Gasteiger partial charge in [0, 0.05) is 36.1 Å². The van der Waals surface area contributed by atoms with Crippen LogP contribution in [0.4, 0.5) is 5.69 Å². The average Bonchev–Trinajstić information content (AvgIpc) is 3.16. The van der Waals surface area contributed by atoms with Crippen LogP contribution in [-0.4, -0.2) is 35.0 Å². The predicted octanol–water partition coefficient (Wildman–Crippen LogP) is 3.34. The number of para-hydroxylation sites is 1. The van der Waals surface area contributed by atoms with Gasteiger partial charge in [0.05, 0.1) is 12.1 Å². The van der Waals surface area contributed by atoms with Crippen LogP contribution in [0.3, 0.4) is 0 Å². The molecule has 3 aromatic rings. The molecule has 0 spiro atoms. The predicted molar refractivity (Wildman–Crippen MR) is 104 cm³/mol. The summed E-state index contributed by atoms with van der Waals surface area (Å²) in [5.74, 6) is -0.774. The smallest absolute Gasteiger partial charge is 0.312 e. The Bertz CT molecular complexity index is 912. The molecule has 0 saturated heterocycles. The first-order valence-corrected chi connectivity index (χ1v) is 9.29. The van der Waals surface area contributed by atoms with E-state index in [0.717, 1.165) is 16.3 Å². The van der Waals surface area contributed by atoms with Crippen LogP contribution in [0.2, 0.25) is 0 Å². The zero-order chi connectivity index (χ0) is 19.2. The molecule has 0 aliphatic heterocycles. The van der Waals surface area contributed by atoms with Gasteiger partial charge in [-0.1, -0.05) is 18.2 Å². The van der Waals surface area contributed by atoms with Crippen molar-refractivity contribution in [2.75, 3.05) is 11.9 Å². The van der Waals surface area contributed by atoms with Crippen LogP contribution in [0.1, 0.15) is 12.6 Å². The summed E-state index contributed by atoms with van der Waals surface area (Å²) in [7, 11) is 1.66. The summed E-state index contributed by atoms with van der Waals surface area (Å²) < 4.78 is 5.30. The number of thiazole rings is 1. The maximum absolute atomic E-state index is 12.4. The zero-order valence-corrected chi connectivity index (χ0v) is 15.8. The van der Waals surface area contributed by atoms with Crippen molar-refractivity contribution in [2.24, 2.45) is 0 Å². The summed E-state index contributed by atoms with van der Waals surface area (Å²) in [6, 6.07) is 13.0. The number of hydrogen-bond acceptors (Lipinski definition) is 6. The van der Waals surface area contributed by atoms with Gasteiger partial charge in [0.2, 0.25) is 0 Å².